The number of amides is 2. The highest BCUT2D eigenvalue weighted by Crippen LogP contribution is 2.32. The van der Waals surface area contributed by atoms with Crippen LogP contribution in [-0.2, 0) is 14.3 Å². The van der Waals surface area contributed by atoms with Gasteiger partial charge in [0.05, 0.1) is 12.1 Å². The highest BCUT2D eigenvalue weighted by atomic mass is 19.4. The Morgan fingerprint density at radius 2 is 1.73 bits per heavy atom. The molecule has 0 spiro atoms. The molecule has 0 radical (unpaired) electrons. The van der Waals surface area contributed by atoms with Crippen molar-refractivity contribution in [1.82, 2.24) is 9.80 Å². The summed E-state index contributed by atoms with van der Waals surface area (Å²) in [6.45, 7) is 5.93. The summed E-state index contributed by atoms with van der Waals surface area (Å²) >= 11 is 0. The lowest BCUT2D eigenvalue weighted by Crippen LogP contribution is -2.52. The average Bonchev–Trinajstić information content (AvgIpc) is 2.70. The summed E-state index contributed by atoms with van der Waals surface area (Å²) in [5, 5.41) is 0. The number of hydrogen-bond acceptors (Lipinski definition) is 3. The van der Waals surface area contributed by atoms with Gasteiger partial charge in [0, 0.05) is 19.0 Å². The van der Waals surface area contributed by atoms with Gasteiger partial charge < -0.3 is 14.5 Å². The van der Waals surface area contributed by atoms with Crippen molar-refractivity contribution in [1.29, 1.82) is 0 Å². The van der Waals surface area contributed by atoms with Gasteiger partial charge in [0.2, 0.25) is 5.91 Å². The lowest BCUT2D eigenvalue weighted by atomic mass is 9.93. The van der Waals surface area contributed by atoms with Crippen LogP contribution in [0.5, 0.6) is 0 Å². The fourth-order valence-corrected chi connectivity index (χ4v) is 3.14. The van der Waals surface area contributed by atoms with Crippen molar-refractivity contribution in [2.75, 3.05) is 19.7 Å². The van der Waals surface area contributed by atoms with Crippen LogP contribution in [0, 0.1) is 5.92 Å². The quantitative estimate of drug-likeness (QED) is 0.739. The Morgan fingerprint density at radius 3 is 2.14 bits per heavy atom. The van der Waals surface area contributed by atoms with Gasteiger partial charge in [0.25, 0.3) is 0 Å². The molecule has 2 heterocycles. The van der Waals surface area contributed by atoms with E-state index < -0.39 is 17.6 Å². The second-order valence-corrected chi connectivity index (χ2v) is 6.50. The number of ether oxygens (including phenoxy) is 1. The van der Waals surface area contributed by atoms with Gasteiger partial charge in [-0.15, -0.1) is 0 Å². The second kappa shape index (κ2) is 5.72. The lowest BCUT2D eigenvalue weighted by Gasteiger charge is -2.38. The van der Waals surface area contributed by atoms with Gasteiger partial charge in [-0.2, -0.15) is 13.2 Å². The Kier molecular flexibility index (Phi) is 4.43. The van der Waals surface area contributed by atoms with Crippen molar-refractivity contribution in [3.8, 4) is 0 Å². The molecular formula is C14H21F3N2O3. The van der Waals surface area contributed by atoms with Crippen LogP contribution in [-0.4, -0.2) is 59.3 Å². The molecule has 126 valence electrons. The molecule has 2 amide bonds. The van der Waals surface area contributed by atoms with E-state index in [0.29, 0.717) is 6.61 Å². The maximum Gasteiger partial charge on any atom is 0.471 e. The van der Waals surface area contributed by atoms with Crippen molar-refractivity contribution in [3.05, 3.63) is 0 Å². The van der Waals surface area contributed by atoms with Gasteiger partial charge in [0.15, 0.2) is 0 Å². The summed E-state index contributed by atoms with van der Waals surface area (Å²) in [6.07, 6.45) is -4.69. The van der Waals surface area contributed by atoms with E-state index in [1.807, 2.05) is 13.8 Å². The summed E-state index contributed by atoms with van der Waals surface area (Å²) < 4.78 is 42.7. The molecule has 5 nitrogen and oxygen atoms in total. The number of halogens is 3. The van der Waals surface area contributed by atoms with E-state index in [-0.39, 0.29) is 44.0 Å². The molecule has 0 saturated carbocycles. The Balaban J connectivity index is 1.97. The minimum absolute atomic E-state index is 0.0434. The lowest BCUT2D eigenvalue weighted by molar-refractivity contribution is -0.187. The molecule has 0 aromatic rings. The fourth-order valence-electron chi connectivity index (χ4n) is 3.14. The number of likely N-dealkylation sites (tertiary alicyclic amines) is 1. The van der Waals surface area contributed by atoms with Crippen LogP contribution in [0.4, 0.5) is 13.2 Å². The number of hydrogen-bond donors (Lipinski definition) is 0. The van der Waals surface area contributed by atoms with Crippen molar-refractivity contribution < 1.29 is 27.5 Å². The molecule has 22 heavy (non-hydrogen) atoms. The smallest absolute Gasteiger partial charge is 0.356 e. The summed E-state index contributed by atoms with van der Waals surface area (Å²) in [7, 11) is 0. The Hall–Kier alpha value is -1.31. The first-order valence-electron chi connectivity index (χ1n) is 7.35. The zero-order chi connectivity index (χ0) is 16.7. The third-order valence-electron chi connectivity index (χ3n) is 4.30. The summed E-state index contributed by atoms with van der Waals surface area (Å²) in [6, 6.07) is 0. The monoisotopic (exact) mass is 322 g/mol. The van der Waals surface area contributed by atoms with Crippen molar-refractivity contribution in [2.45, 2.75) is 51.6 Å². The molecule has 0 N–H and O–H groups in total. The van der Waals surface area contributed by atoms with Crippen LogP contribution >= 0.6 is 0 Å². The van der Waals surface area contributed by atoms with E-state index >= 15 is 0 Å². The molecule has 0 bridgehead atoms. The maximum absolute atomic E-state index is 12.6. The third-order valence-corrected chi connectivity index (χ3v) is 4.30. The van der Waals surface area contributed by atoms with E-state index in [2.05, 4.69) is 0 Å². The van der Waals surface area contributed by atoms with Crippen LogP contribution in [0.1, 0.15) is 33.6 Å². The molecule has 0 aromatic heterocycles. The number of rotatable bonds is 1. The second-order valence-electron chi connectivity index (χ2n) is 6.50. The third kappa shape index (κ3) is 3.21. The van der Waals surface area contributed by atoms with E-state index in [1.54, 1.807) is 11.8 Å². The zero-order valence-corrected chi connectivity index (χ0v) is 12.9. The van der Waals surface area contributed by atoms with Crippen LogP contribution in [0.25, 0.3) is 0 Å². The van der Waals surface area contributed by atoms with Gasteiger partial charge in [-0.3, -0.25) is 9.59 Å². The number of carbonyl (C=O) groups excluding carboxylic acids is 2. The fraction of sp³-hybridized carbons (Fsp3) is 0.857. The molecule has 8 heteroatoms. The average molecular weight is 322 g/mol. The number of nitrogens with zero attached hydrogens (tertiary/aromatic N) is 2. The van der Waals surface area contributed by atoms with E-state index in [1.165, 1.54) is 0 Å². The minimum atomic E-state index is -4.85. The van der Waals surface area contributed by atoms with E-state index in [4.69, 9.17) is 4.74 Å². The van der Waals surface area contributed by atoms with Gasteiger partial charge in [-0.05, 0) is 33.6 Å². The van der Waals surface area contributed by atoms with Crippen LogP contribution < -0.4 is 0 Å². The molecule has 0 aliphatic carbocycles. The molecule has 2 aliphatic heterocycles. The molecular weight excluding hydrogens is 301 g/mol. The molecule has 2 fully saturated rings. The first-order valence-corrected chi connectivity index (χ1v) is 7.35. The summed E-state index contributed by atoms with van der Waals surface area (Å²) in [5.74, 6) is -2.29. The first kappa shape index (κ1) is 17.1. The molecule has 1 unspecified atom stereocenters. The number of piperidine rings is 1. The van der Waals surface area contributed by atoms with E-state index in [0.717, 1.165) is 4.90 Å². The van der Waals surface area contributed by atoms with Crippen molar-refractivity contribution >= 4 is 11.8 Å². The minimum Gasteiger partial charge on any atom is -0.356 e. The van der Waals surface area contributed by atoms with Crippen LogP contribution in [0.3, 0.4) is 0 Å². The Bertz CT molecular complexity index is 457. The van der Waals surface area contributed by atoms with Gasteiger partial charge in [0.1, 0.15) is 6.23 Å². The van der Waals surface area contributed by atoms with Crippen LogP contribution in [0.15, 0.2) is 0 Å². The molecule has 2 rings (SSSR count). The highest BCUT2D eigenvalue weighted by molar-refractivity contribution is 5.83. The topological polar surface area (TPSA) is 49.9 Å². The summed E-state index contributed by atoms with van der Waals surface area (Å²) in [4.78, 5) is 26.3. The highest BCUT2D eigenvalue weighted by Gasteiger charge is 2.46. The van der Waals surface area contributed by atoms with Crippen molar-refractivity contribution in [3.63, 3.8) is 0 Å². The predicted octanol–water partition coefficient (Wildman–Crippen LogP) is 1.77. The zero-order valence-electron chi connectivity index (χ0n) is 12.9. The standard InChI is InChI=1S/C14H21F3N2O3/c1-9-19(13(2,3)8-22-9)11(20)10-4-6-18(7-5-10)12(21)14(15,16)17/h9-10H,4-8H2,1-3H3. The van der Waals surface area contributed by atoms with Crippen molar-refractivity contribution in [2.24, 2.45) is 5.92 Å². The SMILES string of the molecule is CC1OCC(C)(C)N1C(=O)C1CCN(C(=O)C(F)(F)F)CC1. The predicted molar refractivity (Wildman–Crippen MR) is 71.7 cm³/mol. The Labute approximate surface area is 127 Å². The molecule has 0 aromatic carbocycles. The van der Waals surface area contributed by atoms with Gasteiger partial charge >= 0.3 is 12.1 Å². The normalized spacial score (nSPS) is 26.4. The summed E-state index contributed by atoms with van der Waals surface area (Å²) in [5.41, 5.74) is -0.421. The first-order chi connectivity index (χ1) is 10.0. The van der Waals surface area contributed by atoms with Gasteiger partial charge in [-0.25, -0.2) is 0 Å². The Morgan fingerprint density at radius 1 is 1.18 bits per heavy atom. The van der Waals surface area contributed by atoms with Gasteiger partial charge in [-0.1, -0.05) is 0 Å². The molecule has 1 atom stereocenters. The molecule has 2 saturated heterocycles. The van der Waals surface area contributed by atoms with E-state index in [9.17, 15) is 22.8 Å². The molecule has 2 aliphatic rings. The van der Waals surface area contributed by atoms with Crippen LogP contribution in [0.2, 0.25) is 0 Å². The number of alkyl halides is 3. The maximum atomic E-state index is 12.6. The number of carbonyl (C=O) groups is 2. The largest absolute Gasteiger partial charge is 0.471 e.